The summed E-state index contributed by atoms with van der Waals surface area (Å²) in [6.45, 7) is 1.53. The van der Waals surface area contributed by atoms with Crippen LogP contribution in [0.15, 0.2) is 27.6 Å². The van der Waals surface area contributed by atoms with E-state index in [4.69, 9.17) is 13.9 Å². The highest BCUT2D eigenvalue weighted by molar-refractivity contribution is 5.64. The van der Waals surface area contributed by atoms with Crippen LogP contribution in [0.2, 0.25) is 0 Å². The topological polar surface area (TPSA) is 187 Å². The van der Waals surface area contributed by atoms with Gasteiger partial charge in [-0.3, -0.25) is 0 Å². The van der Waals surface area contributed by atoms with Crippen LogP contribution < -0.4 is 5.63 Å². The zero-order valence-corrected chi connectivity index (χ0v) is 23.3. The molecule has 0 radical (unpaired) electrons. The number of rotatable bonds is 5. The maximum Gasteiger partial charge on any atom is 0.335 e. The second kappa shape index (κ2) is 10.2. The average molecular weight is 579 g/mol. The number of hydrogen-bond acceptors (Lipinski definition) is 11. The molecular weight excluding hydrogens is 536 g/mol. The standard InChI is InChI=1S/C30H42O11/c1-27-8-5-19-20(30(27,38)11-7-18(27)16-2-3-22(33)39-14-16)6-10-29(37)12-17(4-9-28(19,29)15-32)40-26-25(36)24(35)23(34)21(13-31)41-26/h2-3,14-15,17-21,23-26,31,34-38H,4-13H2,1H3/t17-,18+,19-,20+,21+,23+,24-,25+,26+,27+,28-,29-,30-/m1/s1. The molecule has 13 atom stereocenters. The third kappa shape index (κ3) is 4.15. The van der Waals surface area contributed by atoms with E-state index in [2.05, 4.69) is 6.92 Å². The molecule has 0 spiro atoms. The van der Waals surface area contributed by atoms with E-state index in [1.54, 1.807) is 6.07 Å². The zero-order valence-electron chi connectivity index (χ0n) is 23.3. The minimum atomic E-state index is -1.57. The zero-order chi connectivity index (χ0) is 29.4. The molecule has 6 rings (SSSR count). The summed E-state index contributed by atoms with van der Waals surface area (Å²) in [4.78, 5) is 24.6. The van der Waals surface area contributed by atoms with E-state index in [0.29, 0.717) is 44.9 Å². The summed E-state index contributed by atoms with van der Waals surface area (Å²) in [6.07, 6.45) is -0.939. The quantitative estimate of drug-likeness (QED) is 0.209. The number of aliphatic hydroxyl groups excluding tert-OH is 4. The van der Waals surface area contributed by atoms with Crippen molar-refractivity contribution in [2.24, 2.45) is 22.7 Å². The fourth-order valence-corrected chi connectivity index (χ4v) is 9.72. The number of fused-ring (bicyclic) bond motifs is 5. The molecule has 5 fully saturated rings. The first kappa shape index (κ1) is 29.4. The van der Waals surface area contributed by atoms with Crippen molar-refractivity contribution >= 4 is 6.29 Å². The summed E-state index contributed by atoms with van der Waals surface area (Å²) in [5.41, 5.74) is -3.50. The molecule has 1 aliphatic heterocycles. The third-order valence-corrected chi connectivity index (χ3v) is 12.0. The second-order valence-electron chi connectivity index (χ2n) is 13.5. The van der Waals surface area contributed by atoms with Crippen molar-refractivity contribution in [1.82, 2.24) is 0 Å². The highest BCUT2D eigenvalue weighted by atomic mass is 16.7. The summed E-state index contributed by atoms with van der Waals surface area (Å²) in [7, 11) is 0. The van der Waals surface area contributed by atoms with Crippen molar-refractivity contribution in [3.8, 4) is 0 Å². The molecule has 1 saturated heterocycles. The van der Waals surface area contributed by atoms with Gasteiger partial charge in [-0.1, -0.05) is 6.92 Å². The van der Waals surface area contributed by atoms with Gasteiger partial charge < -0.3 is 49.3 Å². The maximum atomic E-state index is 13.0. The molecule has 4 aliphatic carbocycles. The molecule has 0 amide bonds. The molecule has 41 heavy (non-hydrogen) atoms. The van der Waals surface area contributed by atoms with Crippen LogP contribution in [0, 0.1) is 22.7 Å². The van der Waals surface area contributed by atoms with Crippen LogP contribution in [-0.2, 0) is 14.3 Å². The van der Waals surface area contributed by atoms with Gasteiger partial charge in [0, 0.05) is 17.9 Å². The summed E-state index contributed by atoms with van der Waals surface area (Å²) >= 11 is 0. The Morgan fingerprint density at radius 3 is 2.41 bits per heavy atom. The number of ether oxygens (including phenoxy) is 2. The largest absolute Gasteiger partial charge is 0.431 e. The van der Waals surface area contributed by atoms with Crippen LogP contribution in [0.4, 0.5) is 0 Å². The molecule has 0 aromatic carbocycles. The van der Waals surface area contributed by atoms with Crippen LogP contribution in [0.5, 0.6) is 0 Å². The lowest BCUT2D eigenvalue weighted by atomic mass is 9.41. The summed E-state index contributed by atoms with van der Waals surface area (Å²) in [6, 6.07) is 3.19. The molecule has 5 aliphatic rings. The molecule has 2 heterocycles. The van der Waals surface area contributed by atoms with E-state index in [9.17, 15) is 40.2 Å². The minimum absolute atomic E-state index is 0.00784. The maximum absolute atomic E-state index is 13.0. The molecule has 1 aromatic rings. The van der Waals surface area contributed by atoms with Crippen LogP contribution in [-0.4, -0.2) is 91.5 Å². The van der Waals surface area contributed by atoms with E-state index < -0.39 is 71.1 Å². The van der Waals surface area contributed by atoms with Gasteiger partial charge in [0.2, 0.25) is 0 Å². The first-order valence-corrected chi connectivity index (χ1v) is 14.9. The molecule has 1 aromatic heterocycles. The van der Waals surface area contributed by atoms with Crippen molar-refractivity contribution in [3.05, 3.63) is 34.4 Å². The molecule has 0 unspecified atom stereocenters. The summed E-state index contributed by atoms with van der Waals surface area (Å²) < 4.78 is 16.7. The Labute approximate surface area is 238 Å². The molecule has 6 N–H and O–H groups in total. The normalized spacial score (nSPS) is 51.3. The number of hydrogen-bond donors (Lipinski definition) is 6. The van der Waals surface area contributed by atoms with Crippen molar-refractivity contribution in [1.29, 1.82) is 0 Å². The molecule has 11 nitrogen and oxygen atoms in total. The Morgan fingerprint density at radius 2 is 1.73 bits per heavy atom. The van der Waals surface area contributed by atoms with Gasteiger partial charge in [-0.05, 0) is 80.8 Å². The van der Waals surface area contributed by atoms with Crippen molar-refractivity contribution in [3.63, 3.8) is 0 Å². The van der Waals surface area contributed by atoms with Crippen LogP contribution >= 0.6 is 0 Å². The lowest BCUT2D eigenvalue weighted by Crippen LogP contribution is -2.69. The first-order valence-electron chi connectivity index (χ1n) is 14.9. The van der Waals surface area contributed by atoms with Gasteiger partial charge in [0.25, 0.3) is 0 Å². The summed E-state index contributed by atoms with van der Waals surface area (Å²) in [5.74, 6) is -0.402. The molecule has 0 bridgehead atoms. The number of aliphatic hydroxyl groups is 6. The second-order valence-corrected chi connectivity index (χ2v) is 13.5. The van der Waals surface area contributed by atoms with E-state index in [-0.39, 0.29) is 24.2 Å². The average Bonchev–Trinajstić information content (AvgIpc) is 3.24. The molecule has 11 heteroatoms. The first-order chi connectivity index (χ1) is 19.4. The van der Waals surface area contributed by atoms with Gasteiger partial charge in [-0.2, -0.15) is 0 Å². The van der Waals surface area contributed by atoms with Gasteiger partial charge in [0.1, 0.15) is 30.7 Å². The number of carbonyl (C=O) groups excluding carboxylic acids is 1. The number of carbonyl (C=O) groups is 1. The summed E-state index contributed by atoms with van der Waals surface area (Å²) in [5, 5.41) is 64.7. The SMILES string of the molecule is C[C@@]12CC[C@@H]3[C@H](CC[C@@]4(O)C[C@H](O[C@H]5O[C@@H](CO)[C@H](O)[C@@H](O)[C@@H]5O)CC[C@@]34C=O)[C@]1(O)CC[C@H]2c1ccc(=O)oc1. The Balaban J connectivity index is 1.22. The van der Waals surface area contributed by atoms with E-state index in [1.807, 2.05) is 0 Å². The highest BCUT2D eigenvalue weighted by Crippen LogP contribution is 2.71. The van der Waals surface area contributed by atoms with E-state index >= 15 is 0 Å². The fraction of sp³-hybridized carbons (Fsp3) is 0.800. The Bertz CT molecular complexity index is 1180. The van der Waals surface area contributed by atoms with E-state index in [0.717, 1.165) is 18.3 Å². The Kier molecular flexibility index (Phi) is 7.30. The molecule has 228 valence electrons. The van der Waals surface area contributed by atoms with Gasteiger partial charge >= 0.3 is 5.63 Å². The van der Waals surface area contributed by atoms with Gasteiger partial charge in [0.15, 0.2) is 6.29 Å². The monoisotopic (exact) mass is 578 g/mol. The lowest BCUT2D eigenvalue weighted by Gasteiger charge is -2.65. The molecule has 4 saturated carbocycles. The predicted octanol–water partition coefficient (Wildman–Crippen LogP) is 0.360. The Hall–Kier alpha value is -1.70. The minimum Gasteiger partial charge on any atom is -0.431 e. The van der Waals surface area contributed by atoms with Gasteiger partial charge in [-0.15, -0.1) is 0 Å². The van der Waals surface area contributed by atoms with Gasteiger partial charge in [0.05, 0.1) is 35.6 Å². The van der Waals surface area contributed by atoms with Crippen LogP contribution in [0.1, 0.15) is 76.2 Å². The van der Waals surface area contributed by atoms with Gasteiger partial charge in [-0.25, -0.2) is 4.79 Å². The number of aldehydes is 1. The van der Waals surface area contributed by atoms with Crippen LogP contribution in [0.25, 0.3) is 0 Å². The van der Waals surface area contributed by atoms with Crippen LogP contribution in [0.3, 0.4) is 0 Å². The van der Waals surface area contributed by atoms with Crippen molar-refractivity contribution in [2.75, 3.05) is 6.61 Å². The lowest BCUT2D eigenvalue weighted by molar-refractivity contribution is -0.322. The third-order valence-electron chi connectivity index (χ3n) is 12.0. The van der Waals surface area contributed by atoms with Crippen molar-refractivity contribution in [2.45, 2.75) is 119 Å². The smallest absolute Gasteiger partial charge is 0.335 e. The Morgan fingerprint density at radius 1 is 0.976 bits per heavy atom. The van der Waals surface area contributed by atoms with Crippen molar-refractivity contribution < 1.29 is 49.3 Å². The van der Waals surface area contributed by atoms with E-state index in [1.165, 1.54) is 12.3 Å². The highest BCUT2D eigenvalue weighted by Gasteiger charge is 2.71. The predicted molar refractivity (Wildman–Crippen MR) is 141 cm³/mol. The molecular formula is C30H42O11. The fourth-order valence-electron chi connectivity index (χ4n) is 9.72.